The van der Waals surface area contributed by atoms with Crippen LogP contribution in [0.25, 0.3) is 0 Å². The molecule has 39 heteroatoms. The molecule has 0 saturated heterocycles. The van der Waals surface area contributed by atoms with Crippen LogP contribution in [-0.4, -0.2) is 166 Å². The first kappa shape index (κ1) is 89.5. The molecular formula is C61H85N11O28-6. The zero-order valence-corrected chi connectivity index (χ0v) is 54.8. The molecule has 17 N–H and O–H groups in total. The van der Waals surface area contributed by atoms with Gasteiger partial charge in [-0.25, -0.2) is 0 Å². The van der Waals surface area contributed by atoms with E-state index in [9.17, 15) is 136 Å². The molecule has 10 amide bonds. The van der Waals surface area contributed by atoms with Crippen LogP contribution in [0.2, 0.25) is 0 Å². The third kappa shape index (κ3) is 39.6. The number of ketones is 6. The van der Waals surface area contributed by atoms with E-state index < -0.39 is 369 Å². The first-order valence-electron chi connectivity index (χ1n) is 31.5. The summed E-state index contributed by atoms with van der Waals surface area (Å²) in [6, 6.07) is -10.7. The lowest BCUT2D eigenvalue weighted by atomic mass is 9.88. The molecule has 0 fully saturated rings. The van der Waals surface area contributed by atoms with Gasteiger partial charge >= 0.3 is 0 Å². The zero-order valence-electron chi connectivity index (χ0n) is 54.8. The number of nitrogens with one attached hydrogen (secondary N) is 5. The van der Waals surface area contributed by atoms with Gasteiger partial charge in [0.25, 0.3) is 0 Å². The first-order chi connectivity index (χ1) is 46.5. The number of Topliss-reactive ketones (excluding diaryl/α,β-unsaturated/α-hetero) is 6. The normalized spacial score (nSPS) is 14.3. The molecule has 0 rings (SSSR count). The molecule has 558 valence electrons. The maximum absolute atomic E-state index is 14.3. The average Bonchev–Trinajstić information content (AvgIpc) is 0.862. The summed E-state index contributed by atoms with van der Waals surface area (Å²) in [6.45, 7) is 1.00. The molecule has 39 nitrogen and oxygen atoms in total. The van der Waals surface area contributed by atoms with Crippen LogP contribution in [0.1, 0.15) is 180 Å². The van der Waals surface area contributed by atoms with Gasteiger partial charge in [0, 0.05) is 130 Å². The second-order valence-electron chi connectivity index (χ2n) is 23.8. The van der Waals surface area contributed by atoms with Crippen molar-refractivity contribution in [1.29, 1.82) is 0 Å². The average molecular weight is 1420 g/mol. The van der Waals surface area contributed by atoms with Crippen molar-refractivity contribution in [3.05, 3.63) is 0 Å². The lowest BCUT2D eigenvalue weighted by Gasteiger charge is -2.27. The summed E-state index contributed by atoms with van der Waals surface area (Å²) in [5, 5.41) is 80.1. The van der Waals surface area contributed by atoms with E-state index in [1.165, 1.54) is 0 Å². The number of carbonyl (C=O) groups excluding carboxylic acids is 22. The van der Waals surface area contributed by atoms with Crippen molar-refractivity contribution in [3.63, 3.8) is 0 Å². The van der Waals surface area contributed by atoms with Gasteiger partial charge in [0.05, 0.1) is 36.3 Å². The number of carbonyl (C=O) groups is 22. The summed E-state index contributed by atoms with van der Waals surface area (Å²) < 4.78 is 0. The van der Waals surface area contributed by atoms with Crippen LogP contribution in [0.5, 0.6) is 0 Å². The molecule has 11 atom stereocenters. The fourth-order valence-corrected chi connectivity index (χ4v) is 9.97. The molecule has 0 heterocycles. The predicted octanol–water partition coefficient (Wildman–Crippen LogP) is -12.3. The van der Waals surface area contributed by atoms with E-state index in [2.05, 4.69) is 26.6 Å². The van der Waals surface area contributed by atoms with Gasteiger partial charge in [0.15, 0.2) is 28.9 Å². The molecule has 0 radical (unpaired) electrons. The van der Waals surface area contributed by atoms with Crippen molar-refractivity contribution in [2.24, 2.45) is 64.0 Å². The predicted molar refractivity (Wildman–Crippen MR) is 321 cm³/mol. The number of primary amides is 5. The van der Waals surface area contributed by atoms with Crippen LogP contribution in [-0.2, 0) is 105 Å². The summed E-state index contributed by atoms with van der Waals surface area (Å²) in [4.78, 5) is 281. The number of aliphatic carboxylic acids is 6. The molecule has 0 aliphatic heterocycles. The van der Waals surface area contributed by atoms with Gasteiger partial charge in [-0.2, -0.15) is 0 Å². The van der Waals surface area contributed by atoms with Gasteiger partial charge in [0.2, 0.25) is 59.1 Å². The Balaban J connectivity index is 7.41. The van der Waals surface area contributed by atoms with Crippen LogP contribution in [0, 0.1) is 29.6 Å². The maximum Gasteiger partial charge on any atom is 0.224 e. The highest BCUT2D eigenvalue weighted by Gasteiger charge is 2.37. The Morgan fingerprint density at radius 2 is 0.420 bits per heavy atom. The number of hydrogen-bond acceptors (Lipinski definition) is 29. The highest BCUT2D eigenvalue weighted by Crippen LogP contribution is 2.24. The highest BCUT2D eigenvalue weighted by molar-refractivity contribution is 6.00. The Labute approximate surface area is 571 Å². The van der Waals surface area contributed by atoms with E-state index in [1.807, 2.05) is 0 Å². The van der Waals surface area contributed by atoms with Gasteiger partial charge in [-0.3, -0.25) is 76.7 Å². The summed E-state index contributed by atoms with van der Waals surface area (Å²) >= 11 is 0. The first-order valence-corrected chi connectivity index (χ1v) is 31.5. The minimum atomic E-state index is -2.00. The number of nitrogens with two attached hydrogens (primary N) is 6. The van der Waals surface area contributed by atoms with Crippen molar-refractivity contribution in [3.8, 4) is 0 Å². The lowest BCUT2D eigenvalue weighted by Crippen LogP contribution is -2.49. The molecule has 0 aliphatic rings. The summed E-state index contributed by atoms with van der Waals surface area (Å²) in [5.41, 5.74) is 32.3. The zero-order chi connectivity index (χ0) is 76.7. The van der Waals surface area contributed by atoms with Crippen molar-refractivity contribution < 1.29 is 136 Å². The Bertz CT molecular complexity index is 3050. The van der Waals surface area contributed by atoms with Gasteiger partial charge in [0.1, 0.15) is 5.78 Å². The standard InChI is InChI=1S/C61H91N11O28/c1-29(73)36(8-19-52(86)87)68-57(96)31(3-14-47(64)80)25-42(75)38(10-21-54(90)91)70-59(98)33(5-16-49(66)82)27-44(77)40(12-23-56(94)95)72-61(100)34(6-17-50(67)83)28-45(78)39(11-22-55(92)93)71-60(99)32(4-15-48(65)81)26-43(76)37(9-20-53(88)89)69-58(97)30(2-13-46(63)79)24-41(74)35(62)7-18-51(84)85/h30-40H,2-28,62H2,1H3,(H2,63,79)(H2,64,80)(H2,65,81)(H2,66,82)(H2,67,83)(H,68,96)(H,69,97)(H,70,98)(H,71,99)(H,72,100)(H,84,85)(H,86,87)(H,88,89)(H,90,91)(H,92,93)(H,94,95)/p-6/t30-,31-,32-,33-,34-,35+,36+,37+,38+,39+,40+/m1/s1. The van der Waals surface area contributed by atoms with Crippen molar-refractivity contribution in [2.75, 3.05) is 0 Å². The SMILES string of the molecule is CC(=O)[C@H](CCC(=O)[O-])NC(=O)[C@H](CCC(N)=O)CC(=O)[C@H](CCC(=O)[O-])NC(=O)[C@H](CCC(N)=O)CC(=O)[C@H](CCC(=O)[O-])NC(=O)[C@H](CCC(N)=O)CC(=O)[C@H](CCC(=O)[O-])NC(=O)[C@H](CCC(N)=O)CC(=O)[C@H](CCC(=O)[O-])NC(=O)[C@H](CCC(N)=O)CC(=O)[C@@H](N)CCC(=O)[O-]. The maximum atomic E-state index is 14.3. The molecule has 0 saturated carbocycles. The topological polar surface area (TPSA) is 730 Å². The minimum Gasteiger partial charge on any atom is -0.550 e. The summed E-state index contributed by atoms with van der Waals surface area (Å²) in [5.74, 6) is -36.5. The van der Waals surface area contributed by atoms with E-state index in [-0.39, 0.29) is 0 Å². The second kappa shape index (κ2) is 46.7. The smallest absolute Gasteiger partial charge is 0.224 e. The number of carboxylic acids is 6. The van der Waals surface area contributed by atoms with Crippen molar-refractivity contribution >= 4 is 130 Å². The molecule has 0 aromatic carbocycles. The van der Waals surface area contributed by atoms with E-state index in [1.54, 1.807) is 0 Å². The van der Waals surface area contributed by atoms with Crippen LogP contribution in [0.15, 0.2) is 0 Å². The quantitative estimate of drug-likeness (QED) is 0.0269. The van der Waals surface area contributed by atoms with E-state index >= 15 is 0 Å². The largest absolute Gasteiger partial charge is 0.550 e. The Morgan fingerprint density at radius 3 is 0.600 bits per heavy atom. The van der Waals surface area contributed by atoms with Gasteiger partial charge < -0.3 is 120 Å². The van der Waals surface area contributed by atoms with E-state index in [0.717, 1.165) is 6.92 Å². The molecular weight excluding hydrogens is 1330 g/mol. The van der Waals surface area contributed by atoms with Gasteiger partial charge in [-0.1, -0.05) is 0 Å². The van der Waals surface area contributed by atoms with Crippen LogP contribution in [0.4, 0.5) is 0 Å². The molecule has 0 aromatic rings. The Kier molecular flexibility index (Phi) is 41.8. The number of rotatable bonds is 59. The van der Waals surface area contributed by atoms with Crippen LogP contribution >= 0.6 is 0 Å². The monoisotopic (exact) mass is 1420 g/mol. The van der Waals surface area contributed by atoms with Crippen molar-refractivity contribution in [2.45, 2.75) is 217 Å². The lowest BCUT2D eigenvalue weighted by molar-refractivity contribution is -0.307. The van der Waals surface area contributed by atoms with Crippen LogP contribution < -0.4 is 91.6 Å². The molecule has 0 aliphatic carbocycles. The fourth-order valence-electron chi connectivity index (χ4n) is 9.97. The molecule has 0 unspecified atom stereocenters. The summed E-state index contributed by atoms with van der Waals surface area (Å²) in [6.07, 6.45) is -20.5. The third-order valence-corrected chi connectivity index (χ3v) is 15.7. The van der Waals surface area contributed by atoms with Gasteiger partial charge in [-0.15, -0.1) is 0 Å². The Morgan fingerprint density at radius 1 is 0.250 bits per heavy atom. The fraction of sp³-hybridized carbons (Fsp3) is 0.639. The van der Waals surface area contributed by atoms with Crippen molar-refractivity contribution in [1.82, 2.24) is 26.6 Å². The third-order valence-electron chi connectivity index (χ3n) is 15.7. The van der Waals surface area contributed by atoms with Gasteiger partial charge in [-0.05, 0) is 116 Å². The minimum absolute atomic E-state index is 0.435. The number of amides is 10. The molecule has 100 heavy (non-hydrogen) atoms. The number of carboxylic acid groups (broad SMARTS) is 6. The van der Waals surface area contributed by atoms with E-state index in [0.29, 0.717) is 0 Å². The molecule has 0 aromatic heterocycles. The summed E-state index contributed by atoms with van der Waals surface area (Å²) in [7, 11) is 0. The Hall–Kier alpha value is -10.5. The second-order valence-corrected chi connectivity index (χ2v) is 23.8. The highest BCUT2D eigenvalue weighted by atomic mass is 16.4. The van der Waals surface area contributed by atoms with E-state index in [4.69, 9.17) is 34.4 Å². The molecule has 0 spiro atoms. The number of hydrogen-bond donors (Lipinski definition) is 11. The molecule has 0 bridgehead atoms. The van der Waals surface area contributed by atoms with Crippen LogP contribution in [0.3, 0.4) is 0 Å².